The molecule has 1 unspecified atom stereocenters. The van der Waals surface area contributed by atoms with Crippen molar-refractivity contribution in [2.24, 2.45) is 5.92 Å². The molecule has 1 aromatic heterocycles. The van der Waals surface area contributed by atoms with E-state index in [1.54, 1.807) is 12.1 Å². The normalized spacial score (nSPS) is 21.7. The maximum Gasteiger partial charge on any atom is 0.386 e. The van der Waals surface area contributed by atoms with Gasteiger partial charge < -0.3 is 15.4 Å². The summed E-state index contributed by atoms with van der Waals surface area (Å²) in [6.07, 6.45) is 1.95. The number of aromatic nitrogens is 1. The number of nitro groups is 1. The van der Waals surface area contributed by atoms with Gasteiger partial charge in [-0.2, -0.15) is 0 Å². The van der Waals surface area contributed by atoms with Gasteiger partial charge >= 0.3 is 5.82 Å². The maximum absolute atomic E-state index is 11.3. The minimum absolute atomic E-state index is 0.00908. The highest BCUT2D eigenvalue weighted by Gasteiger charge is 2.28. The van der Waals surface area contributed by atoms with E-state index >= 15 is 0 Å². The molecule has 0 saturated carbocycles. The molecule has 1 saturated heterocycles. The second-order valence-corrected chi connectivity index (χ2v) is 6.51. The third-order valence-corrected chi connectivity index (χ3v) is 4.70. The van der Waals surface area contributed by atoms with E-state index in [4.69, 9.17) is 0 Å². The van der Waals surface area contributed by atoms with Crippen LogP contribution < -0.4 is 5.32 Å². The van der Waals surface area contributed by atoms with Crippen LogP contribution in [-0.2, 0) is 9.84 Å². The molecular weight excluding hydrogens is 258 g/mol. The van der Waals surface area contributed by atoms with Crippen molar-refractivity contribution in [2.75, 3.05) is 23.4 Å². The van der Waals surface area contributed by atoms with Crippen LogP contribution >= 0.6 is 0 Å². The summed E-state index contributed by atoms with van der Waals surface area (Å²) in [7, 11) is -2.92. The third-order valence-electron chi connectivity index (χ3n) is 2.87. The average molecular weight is 271 g/mol. The van der Waals surface area contributed by atoms with Crippen molar-refractivity contribution >= 4 is 21.3 Å². The molecule has 1 N–H and O–H groups in total. The Morgan fingerprint density at radius 3 is 2.94 bits per heavy atom. The number of sulfone groups is 1. The van der Waals surface area contributed by atoms with E-state index < -0.39 is 14.8 Å². The van der Waals surface area contributed by atoms with Gasteiger partial charge in [0.05, 0.1) is 11.5 Å². The maximum atomic E-state index is 11.3. The summed E-state index contributed by atoms with van der Waals surface area (Å²) in [5.74, 6) is 0.121. The van der Waals surface area contributed by atoms with Crippen LogP contribution in [0, 0.1) is 16.0 Å². The first-order valence-electron chi connectivity index (χ1n) is 5.51. The first-order valence-corrected chi connectivity index (χ1v) is 7.34. The van der Waals surface area contributed by atoms with Gasteiger partial charge in [-0.25, -0.2) is 8.42 Å². The van der Waals surface area contributed by atoms with Crippen molar-refractivity contribution in [3.05, 3.63) is 28.4 Å². The largest absolute Gasteiger partial charge is 0.386 e. The van der Waals surface area contributed by atoms with E-state index in [1.165, 1.54) is 6.20 Å². The Bertz CT molecular complexity index is 558. The fraction of sp³-hybridized carbons (Fsp3) is 0.500. The van der Waals surface area contributed by atoms with E-state index in [1.807, 2.05) is 0 Å². The highest BCUT2D eigenvalue weighted by molar-refractivity contribution is 7.91. The number of nitrogens with zero attached hydrogens (tertiary/aromatic N) is 2. The van der Waals surface area contributed by atoms with Crippen LogP contribution in [0.1, 0.15) is 6.42 Å². The second-order valence-electron chi connectivity index (χ2n) is 4.28. The number of pyridine rings is 1. The quantitative estimate of drug-likeness (QED) is 0.643. The summed E-state index contributed by atoms with van der Waals surface area (Å²) >= 11 is 0. The zero-order valence-corrected chi connectivity index (χ0v) is 10.4. The number of rotatable bonds is 4. The topological polar surface area (TPSA) is 102 Å². The van der Waals surface area contributed by atoms with Crippen molar-refractivity contribution in [3.63, 3.8) is 0 Å². The first kappa shape index (κ1) is 12.7. The number of nitrogens with one attached hydrogen (secondary N) is 1. The molecule has 98 valence electrons. The van der Waals surface area contributed by atoms with Crippen LogP contribution in [0.3, 0.4) is 0 Å². The predicted molar refractivity (Wildman–Crippen MR) is 66.1 cm³/mol. The molecule has 0 bridgehead atoms. The van der Waals surface area contributed by atoms with Crippen molar-refractivity contribution < 1.29 is 13.3 Å². The molecule has 7 nitrogen and oxygen atoms in total. The average Bonchev–Trinajstić information content (AvgIpc) is 2.66. The van der Waals surface area contributed by atoms with Crippen molar-refractivity contribution in [1.29, 1.82) is 0 Å². The van der Waals surface area contributed by atoms with Gasteiger partial charge in [0.15, 0.2) is 9.84 Å². The van der Waals surface area contributed by atoms with Gasteiger partial charge in [0.2, 0.25) is 0 Å². The minimum Gasteiger partial charge on any atom is -0.378 e. The molecule has 18 heavy (non-hydrogen) atoms. The first-order chi connectivity index (χ1) is 8.48. The number of hydrogen-bond donors (Lipinski definition) is 1. The summed E-state index contributed by atoms with van der Waals surface area (Å²) < 4.78 is 22.6. The van der Waals surface area contributed by atoms with Crippen molar-refractivity contribution in [1.82, 2.24) is 4.98 Å². The smallest absolute Gasteiger partial charge is 0.378 e. The van der Waals surface area contributed by atoms with Gasteiger partial charge in [0, 0.05) is 6.54 Å². The van der Waals surface area contributed by atoms with Crippen LogP contribution in [0.4, 0.5) is 11.5 Å². The molecule has 8 heteroatoms. The summed E-state index contributed by atoms with van der Waals surface area (Å²) in [4.78, 5) is 13.8. The fourth-order valence-electron chi connectivity index (χ4n) is 1.97. The Balaban J connectivity index is 2.01. The molecule has 1 aromatic rings. The van der Waals surface area contributed by atoms with Crippen LogP contribution in [0.15, 0.2) is 18.3 Å². The molecular formula is C10H13N3O4S. The highest BCUT2D eigenvalue weighted by atomic mass is 32.2. The summed E-state index contributed by atoms with van der Waals surface area (Å²) in [6.45, 7) is 0.408. The summed E-state index contributed by atoms with van der Waals surface area (Å²) in [6, 6.07) is 3.16. The Labute approximate surface area is 104 Å². The van der Waals surface area contributed by atoms with E-state index in [0.29, 0.717) is 18.7 Å². The molecule has 2 heterocycles. The second kappa shape index (κ2) is 4.89. The van der Waals surface area contributed by atoms with E-state index in [2.05, 4.69) is 10.3 Å². The van der Waals surface area contributed by atoms with Gasteiger partial charge in [0.25, 0.3) is 0 Å². The van der Waals surface area contributed by atoms with E-state index in [-0.39, 0.29) is 23.2 Å². The third kappa shape index (κ3) is 2.95. The zero-order valence-electron chi connectivity index (χ0n) is 9.57. The Hall–Kier alpha value is -1.70. The molecule has 0 spiro atoms. The molecule has 1 aliphatic rings. The standard InChI is InChI=1S/C10H13N3O4S/c14-13(15)10-9(2-1-4-11-10)12-6-8-3-5-18(16,17)7-8/h1-2,4,8,12H,3,5-7H2. The minimum atomic E-state index is -2.92. The van der Waals surface area contributed by atoms with Gasteiger partial charge in [-0.3, -0.25) is 0 Å². The molecule has 1 fully saturated rings. The van der Waals surface area contributed by atoms with Crippen LogP contribution in [0.25, 0.3) is 0 Å². The highest BCUT2D eigenvalue weighted by Crippen LogP contribution is 2.23. The van der Waals surface area contributed by atoms with E-state index in [9.17, 15) is 18.5 Å². The number of anilines is 1. The van der Waals surface area contributed by atoms with Gasteiger partial charge in [-0.15, -0.1) is 0 Å². The van der Waals surface area contributed by atoms with Crippen LogP contribution in [0.5, 0.6) is 0 Å². The fourth-order valence-corrected chi connectivity index (χ4v) is 3.83. The lowest BCUT2D eigenvalue weighted by molar-refractivity contribution is -0.388. The molecule has 0 amide bonds. The van der Waals surface area contributed by atoms with Gasteiger partial charge in [-0.05, 0) is 34.4 Å². The lowest BCUT2D eigenvalue weighted by atomic mass is 10.1. The lowest BCUT2D eigenvalue weighted by Gasteiger charge is -2.10. The molecule has 1 atom stereocenters. The monoisotopic (exact) mass is 271 g/mol. The molecule has 0 aromatic carbocycles. The SMILES string of the molecule is O=[N+]([O-])c1ncccc1NCC1CCS(=O)(=O)C1. The van der Waals surface area contributed by atoms with Crippen LogP contribution in [-0.4, -0.2) is 36.4 Å². The molecule has 2 rings (SSSR count). The van der Waals surface area contributed by atoms with Crippen molar-refractivity contribution in [3.8, 4) is 0 Å². The van der Waals surface area contributed by atoms with Crippen LogP contribution in [0.2, 0.25) is 0 Å². The molecule has 0 radical (unpaired) electrons. The molecule has 1 aliphatic heterocycles. The Kier molecular flexibility index (Phi) is 3.46. The lowest BCUT2D eigenvalue weighted by Crippen LogP contribution is -2.16. The zero-order chi connectivity index (χ0) is 13.2. The van der Waals surface area contributed by atoms with Crippen molar-refractivity contribution in [2.45, 2.75) is 6.42 Å². The Morgan fingerprint density at radius 1 is 1.56 bits per heavy atom. The summed E-state index contributed by atoms with van der Waals surface area (Å²) in [5, 5.41) is 13.6. The predicted octanol–water partition coefficient (Wildman–Crippen LogP) is 0.836. The number of hydrogen-bond acceptors (Lipinski definition) is 6. The Morgan fingerprint density at radius 2 is 2.33 bits per heavy atom. The van der Waals surface area contributed by atoms with E-state index in [0.717, 1.165) is 0 Å². The summed E-state index contributed by atoms with van der Waals surface area (Å²) in [5.41, 5.74) is 0.326. The van der Waals surface area contributed by atoms with Gasteiger partial charge in [0.1, 0.15) is 11.9 Å². The molecule has 0 aliphatic carbocycles. The van der Waals surface area contributed by atoms with Gasteiger partial charge in [-0.1, -0.05) is 0 Å².